The maximum atomic E-state index is 9.21. The molecule has 1 aliphatic rings. The lowest BCUT2D eigenvalue weighted by Crippen LogP contribution is -2.41. The van der Waals surface area contributed by atoms with Gasteiger partial charge in [-0.25, -0.2) is 0 Å². The standard InChI is InChI=1S/C12H19BrN2OS/c1-8(14)12(11-6-9(13)7-17-11)15(4-5-16)10-2-3-10/h6-8,10,12,16H,2-5,14H2,1H3. The molecule has 1 aromatic heterocycles. The van der Waals surface area contributed by atoms with Crippen molar-refractivity contribution >= 4 is 27.3 Å². The lowest BCUT2D eigenvalue weighted by atomic mass is 10.1. The number of hydrogen-bond acceptors (Lipinski definition) is 4. The fourth-order valence-electron chi connectivity index (χ4n) is 2.28. The highest BCUT2D eigenvalue weighted by molar-refractivity contribution is 9.10. The van der Waals surface area contributed by atoms with Crippen LogP contribution in [0.1, 0.15) is 30.7 Å². The van der Waals surface area contributed by atoms with Crippen LogP contribution in [0.3, 0.4) is 0 Å². The van der Waals surface area contributed by atoms with Gasteiger partial charge in [0.15, 0.2) is 0 Å². The van der Waals surface area contributed by atoms with Gasteiger partial charge in [0.25, 0.3) is 0 Å². The SMILES string of the molecule is CC(N)C(c1cc(Br)cs1)N(CCO)C1CC1. The van der Waals surface area contributed by atoms with Crippen LogP contribution in [0.15, 0.2) is 15.9 Å². The smallest absolute Gasteiger partial charge is 0.0594 e. The molecule has 3 nitrogen and oxygen atoms in total. The van der Waals surface area contributed by atoms with Gasteiger partial charge in [-0.05, 0) is 41.8 Å². The van der Waals surface area contributed by atoms with Crippen molar-refractivity contribution in [3.63, 3.8) is 0 Å². The first-order chi connectivity index (χ1) is 8.13. The number of nitrogens with two attached hydrogens (primary N) is 1. The van der Waals surface area contributed by atoms with Crippen LogP contribution in [0.2, 0.25) is 0 Å². The van der Waals surface area contributed by atoms with Gasteiger partial charge in [0.05, 0.1) is 12.6 Å². The molecule has 0 radical (unpaired) electrons. The second-order valence-corrected chi connectivity index (χ2v) is 6.52. The van der Waals surface area contributed by atoms with Crippen LogP contribution in [-0.2, 0) is 0 Å². The molecule has 1 fully saturated rings. The Balaban J connectivity index is 2.20. The van der Waals surface area contributed by atoms with Gasteiger partial charge < -0.3 is 10.8 Å². The largest absolute Gasteiger partial charge is 0.395 e. The van der Waals surface area contributed by atoms with Gasteiger partial charge in [-0.15, -0.1) is 11.3 Å². The Morgan fingerprint density at radius 1 is 1.65 bits per heavy atom. The van der Waals surface area contributed by atoms with Gasteiger partial charge in [0, 0.05) is 33.4 Å². The predicted octanol–water partition coefficient (Wildman–Crippen LogP) is 2.36. The highest BCUT2D eigenvalue weighted by atomic mass is 79.9. The number of aliphatic hydroxyl groups excluding tert-OH is 1. The lowest BCUT2D eigenvalue weighted by Gasteiger charge is -2.33. The number of thiophene rings is 1. The minimum absolute atomic E-state index is 0.0766. The molecular weight excluding hydrogens is 300 g/mol. The molecule has 3 N–H and O–H groups in total. The molecule has 1 aromatic rings. The number of halogens is 1. The van der Waals surface area contributed by atoms with Gasteiger partial charge in [0.1, 0.15) is 0 Å². The molecule has 0 saturated heterocycles. The third-order valence-electron chi connectivity index (χ3n) is 3.11. The molecule has 96 valence electrons. The number of rotatable bonds is 6. The molecule has 1 saturated carbocycles. The molecule has 2 atom stereocenters. The summed E-state index contributed by atoms with van der Waals surface area (Å²) in [5, 5.41) is 11.3. The molecule has 2 unspecified atom stereocenters. The summed E-state index contributed by atoms with van der Waals surface area (Å²) in [4.78, 5) is 3.65. The quantitative estimate of drug-likeness (QED) is 0.846. The van der Waals surface area contributed by atoms with Crippen molar-refractivity contribution in [2.75, 3.05) is 13.2 Å². The molecular formula is C12H19BrN2OS. The summed E-state index contributed by atoms with van der Waals surface area (Å²) >= 11 is 5.23. The number of hydrogen-bond donors (Lipinski definition) is 2. The average molecular weight is 319 g/mol. The van der Waals surface area contributed by atoms with Crippen molar-refractivity contribution in [2.45, 2.75) is 37.9 Å². The number of nitrogens with zero attached hydrogens (tertiary/aromatic N) is 1. The second-order valence-electron chi connectivity index (χ2n) is 4.66. The van der Waals surface area contributed by atoms with Crippen LogP contribution >= 0.6 is 27.3 Å². The molecule has 17 heavy (non-hydrogen) atoms. The van der Waals surface area contributed by atoms with E-state index in [1.165, 1.54) is 17.7 Å². The van der Waals surface area contributed by atoms with Crippen LogP contribution in [-0.4, -0.2) is 35.2 Å². The minimum Gasteiger partial charge on any atom is -0.395 e. The Morgan fingerprint density at radius 3 is 2.76 bits per heavy atom. The van der Waals surface area contributed by atoms with E-state index in [0.29, 0.717) is 12.6 Å². The van der Waals surface area contributed by atoms with Crippen LogP contribution < -0.4 is 5.73 Å². The van der Waals surface area contributed by atoms with E-state index in [0.717, 1.165) is 4.47 Å². The molecule has 0 amide bonds. The first-order valence-corrected chi connectivity index (χ1v) is 7.67. The zero-order chi connectivity index (χ0) is 12.4. The predicted molar refractivity (Wildman–Crippen MR) is 75.2 cm³/mol. The molecule has 1 aliphatic carbocycles. The summed E-state index contributed by atoms with van der Waals surface area (Å²) in [6, 6.07) is 3.06. The maximum absolute atomic E-state index is 9.21. The Morgan fingerprint density at radius 2 is 2.35 bits per heavy atom. The summed E-state index contributed by atoms with van der Waals surface area (Å²) in [7, 11) is 0. The highest BCUT2D eigenvalue weighted by Crippen LogP contribution is 2.38. The van der Waals surface area contributed by atoms with Gasteiger partial charge in [-0.1, -0.05) is 0 Å². The third kappa shape index (κ3) is 3.29. The van der Waals surface area contributed by atoms with E-state index in [9.17, 15) is 5.11 Å². The summed E-state index contributed by atoms with van der Waals surface area (Å²) in [6.45, 7) is 2.96. The van der Waals surface area contributed by atoms with Crippen LogP contribution in [0.5, 0.6) is 0 Å². The molecule has 0 aromatic carbocycles. The minimum atomic E-state index is 0.0766. The monoisotopic (exact) mass is 318 g/mol. The van der Waals surface area contributed by atoms with E-state index in [-0.39, 0.29) is 18.7 Å². The fourth-order valence-corrected chi connectivity index (χ4v) is 3.96. The molecule has 0 spiro atoms. The maximum Gasteiger partial charge on any atom is 0.0594 e. The zero-order valence-corrected chi connectivity index (χ0v) is 12.4. The second kappa shape index (κ2) is 5.80. The summed E-state index contributed by atoms with van der Waals surface area (Å²) < 4.78 is 1.11. The zero-order valence-electron chi connectivity index (χ0n) is 9.97. The Hall–Kier alpha value is 0.0600. The Kier molecular flexibility index (Phi) is 4.60. The highest BCUT2D eigenvalue weighted by Gasteiger charge is 2.36. The van der Waals surface area contributed by atoms with E-state index in [4.69, 9.17) is 5.73 Å². The van der Waals surface area contributed by atoms with Crippen molar-refractivity contribution in [2.24, 2.45) is 5.73 Å². The third-order valence-corrected chi connectivity index (χ3v) is 4.87. The van der Waals surface area contributed by atoms with E-state index in [1.54, 1.807) is 11.3 Å². The first kappa shape index (κ1) is 13.5. The Bertz CT molecular complexity index is 365. The van der Waals surface area contributed by atoms with Crippen molar-refractivity contribution < 1.29 is 5.11 Å². The van der Waals surface area contributed by atoms with E-state index in [1.807, 2.05) is 6.92 Å². The van der Waals surface area contributed by atoms with E-state index < -0.39 is 0 Å². The van der Waals surface area contributed by atoms with E-state index in [2.05, 4.69) is 32.3 Å². The first-order valence-electron chi connectivity index (χ1n) is 5.99. The van der Waals surface area contributed by atoms with Crippen LogP contribution in [0.25, 0.3) is 0 Å². The average Bonchev–Trinajstić information content (AvgIpc) is 3.02. The number of aliphatic hydroxyl groups is 1. The lowest BCUT2D eigenvalue weighted by molar-refractivity contribution is 0.131. The topological polar surface area (TPSA) is 49.5 Å². The Labute approximate surface area is 115 Å². The van der Waals surface area contributed by atoms with Gasteiger partial charge in [-0.3, -0.25) is 4.90 Å². The molecule has 0 aliphatic heterocycles. The van der Waals surface area contributed by atoms with Crippen molar-refractivity contribution in [1.29, 1.82) is 0 Å². The summed E-state index contributed by atoms with van der Waals surface area (Å²) in [5.41, 5.74) is 6.14. The van der Waals surface area contributed by atoms with Gasteiger partial charge in [-0.2, -0.15) is 0 Å². The van der Waals surface area contributed by atoms with E-state index >= 15 is 0 Å². The fraction of sp³-hybridized carbons (Fsp3) is 0.667. The molecule has 2 rings (SSSR count). The normalized spacial score (nSPS) is 19.6. The van der Waals surface area contributed by atoms with Crippen LogP contribution in [0.4, 0.5) is 0 Å². The van der Waals surface area contributed by atoms with Crippen LogP contribution in [0, 0.1) is 0 Å². The van der Waals surface area contributed by atoms with Crippen molar-refractivity contribution in [1.82, 2.24) is 4.90 Å². The van der Waals surface area contributed by atoms with Crippen molar-refractivity contribution in [3.8, 4) is 0 Å². The molecule has 5 heteroatoms. The van der Waals surface area contributed by atoms with Crippen molar-refractivity contribution in [3.05, 3.63) is 20.8 Å². The summed E-state index contributed by atoms with van der Waals surface area (Å²) in [6.07, 6.45) is 2.46. The van der Waals surface area contributed by atoms with Gasteiger partial charge >= 0.3 is 0 Å². The summed E-state index contributed by atoms with van der Waals surface area (Å²) in [5.74, 6) is 0. The van der Waals surface area contributed by atoms with Gasteiger partial charge in [0.2, 0.25) is 0 Å². The molecule has 1 heterocycles. The molecule has 0 bridgehead atoms.